The third kappa shape index (κ3) is 3.41. The molecule has 0 bridgehead atoms. The minimum absolute atomic E-state index is 0.112. The monoisotopic (exact) mass is 330 g/mol. The van der Waals surface area contributed by atoms with Gasteiger partial charge in [-0.2, -0.15) is 5.10 Å². The topological polar surface area (TPSA) is 103 Å². The van der Waals surface area contributed by atoms with Crippen LogP contribution in [0.4, 0.5) is 0 Å². The Bertz CT molecular complexity index is 894. The van der Waals surface area contributed by atoms with Crippen LogP contribution in [0.3, 0.4) is 0 Å². The first-order valence-electron chi connectivity index (χ1n) is 6.75. The molecular weight excluding hydrogens is 316 g/mol. The Morgan fingerprint density at radius 1 is 1.13 bits per heavy atom. The van der Waals surface area contributed by atoms with Crippen LogP contribution in [-0.4, -0.2) is 33.2 Å². The van der Waals surface area contributed by atoms with Crippen molar-refractivity contribution in [2.45, 2.75) is 11.4 Å². The molecule has 0 unspecified atom stereocenters. The maximum absolute atomic E-state index is 12.2. The molecule has 0 aromatic carbocycles. The summed E-state index contributed by atoms with van der Waals surface area (Å²) in [6, 6.07) is 4.84. The molecule has 3 aromatic rings. The van der Waals surface area contributed by atoms with Gasteiger partial charge in [-0.3, -0.25) is 19.6 Å². The zero-order chi connectivity index (χ0) is 16.3. The van der Waals surface area contributed by atoms with Gasteiger partial charge in [0.25, 0.3) is 0 Å². The number of hydrogen-bond acceptors (Lipinski definition) is 6. The van der Waals surface area contributed by atoms with Crippen molar-refractivity contribution in [2.24, 2.45) is 7.05 Å². The van der Waals surface area contributed by atoms with Gasteiger partial charge >= 0.3 is 0 Å². The molecule has 0 aliphatic heterocycles. The summed E-state index contributed by atoms with van der Waals surface area (Å²) < 4.78 is 28.5. The molecule has 3 heterocycles. The Kier molecular flexibility index (Phi) is 4.13. The summed E-state index contributed by atoms with van der Waals surface area (Å²) in [6.07, 6.45) is 7.58. The second kappa shape index (κ2) is 6.23. The van der Waals surface area contributed by atoms with Crippen LogP contribution in [0, 0.1) is 0 Å². The molecule has 0 aliphatic rings. The van der Waals surface area contributed by atoms with Gasteiger partial charge in [0.2, 0.25) is 10.0 Å². The van der Waals surface area contributed by atoms with E-state index < -0.39 is 10.0 Å². The van der Waals surface area contributed by atoms with Crippen LogP contribution in [0.5, 0.6) is 0 Å². The molecule has 0 atom stereocenters. The van der Waals surface area contributed by atoms with Crippen LogP contribution >= 0.6 is 0 Å². The second-order valence-corrected chi connectivity index (χ2v) is 6.52. The minimum Gasteiger partial charge on any atom is -0.271 e. The summed E-state index contributed by atoms with van der Waals surface area (Å²) in [6.45, 7) is 0.112. The molecule has 0 saturated carbocycles. The van der Waals surface area contributed by atoms with Gasteiger partial charge in [-0.05, 0) is 18.2 Å². The summed E-state index contributed by atoms with van der Waals surface area (Å²) >= 11 is 0. The largest absolute Gasteiger partial charge is 0.271 e. The second-order valence-electron chi connectivity index (χ2n) is 4.75. The Morgan fingerprint density at radius 3 is 2.65 bits per heavy atom. The van der Waals surface area contributed by atoms with Crippen LogP contribution in [0.15, 0.2) is 54.1 Å². The smallest absolute Gasteiger partial charge is 0.242 e. The number of sulfonamides is 1. The van der Waals surface area contributed by atoms with Crippen molar-refractivity contribution < 1.29 is 8.42 Å². The van der Waals surface area contributed by atoms with E-state index in [0.717, 1.165) is 0 Å². The number of pyridine rings is 1. The fourth-order valence-electron chi connectivity index (χ4n) is 1.99. The minimum atomic E-state index is -3.61. The highest BCUT2D eigenvalue weighted by Gasteiger charge is 2.15. The van der Waals surface area contributed by atoms with Crippen molar-refractivity contribution in [3.05, 3.63) is 54.9 Å². The number of aromatic nitrogens is 5. The SMILES string of the molecule is Cn1nc(-c2cnccn2)cc1CNS(=O)(=O)c1cccnc1. The van der Waals surface area contributed by atoms with Crippen LogP contribution in [0.2, 0.25) is 0 Å². The molecule has 9 heteroatoms. The molecule has 0 saturated heterocycles. The Labute approximate surface area is 133 Å². The molecule has 0 fully saturated rings. The van der Waals surface area contributed by atoms with E-state index in [0.29, 0.717) is 17.1 Å². The van der Waals surface area contributed by atoms with Gasteiger partial charge in [0, 0.05) is 31.8 Å². The lowest BCUT2D eigenvalue weighted by molar-refractivity contribution is 0.577. The van der Waals surface area contributed by atoms with Gasteiger partial charge in [-0.25, -0.2) is 13.1 Å². The predicted octanol–water partition coefficient (Wildman–Crippen LogP) is 0.751. The standard InChI is InChI=1S/C14H14N6O2S/c1-20-11(7-13(19-20)14-10-16-5-6-17-14)8-18-23(21,22)12-3-2-4-15-9-12/h2-7,9-10,18H,8H2,1H3. The van der Waals surface area contributed by atoms with E-state index in [2.05, 4.69) is 24.8 Å². The Hall–Kier alpha value is -2.65. The fraction of sp³-hybridized carbons (Fsp3) is 0.143. The normalized spacial score (nSPS) is 11.5. The van der Waals surface area contributed by atoms with E-state index in [9.17, 15) is 8.42 Å². The molecule has 23 heavy (non-hydrogen) atoms. The highest BCUT2D eigenvalue weighted by atomic mass is 32.2. The van der Waals surface area contributed by atoms with Crippen molar-refractivity contribution in [3.8, 4) is 11.4 Å². The average molecular weight is 330 g/mol. The molecule has 3 aromatic heterocycles. The number of aryl methyl sites for hydroxylation is 1. The number of nitrogens with one attached hydrogen (secondary N) is 1. The van der Waals surface area contributed by atoms with Crippen molar-refractivity contribution in [1.29, 1.82) is 0 Å². The number of hydrogen-bond donors (Lipinski definition) is 1. The van der Waals surface area contributed by atoms with Crippen LogP contribution in [0.1, 0.15) is 5.69 Å². The Balaban J connectivity index is 1.78. The van der Waals surface area contributed by atoms with Crippen molar-refractivity contribution in [2.75, 3.05) is 0 Å². The van der Waals surface area contributed by atoms with E-state index in [4.69, 9.17) is 0 Å². The van der Waals surface area contributed by atoms with Gasteiger partial charge in [0.05, 0.1) is 18.4 Å². The van der Waals surface area contributed by atoms with Crippen molar-refractivity contribution in [3.63, 3.8) is 0 Å². The van der Waals surface area contributed by atoms with Crippen LogP contribution in [0.25, 0.3) is 11.4 Å². The maximum atomic E-state index is 12.2. The predicted molar refractivity (Wildman–Crippen MR) is 82.5 cm³/mol. The summed E-state index contributed by atoms with van der Waals surface area (Å²) in [7, 11) is -1.87. The first-order valence-corrected chi connectivity index (χ1v) is 8.23. The molecule has 0 radical (unpaired) electrons. The van der Waals surface area contributed by atoms with Crippen molar-refractivity contribution >= 4 is 10.0 Å². The third-order valence-corrected chi connectivity index (χ3v) is 4.58. The lowest BCUT2D eigenvalue weighted by atomic mass is 10.3. The zero-order valence-corrected chi connectivity index (χ0v) is 13.1. The lowest BCUT2D eigenvalue weighted by Crippen LogP contribution is -2.24. The highest BCUT2D eigenvalue weighted by molar-refractivity contribution is 7.89. The summed E-state index contributed by atoms with van der Waals surface area (Å²) in [5.41, 5.74) is 1.97. The molecule has 118 valence electrons. The van der Waals surface area contributed by atoms with E-state index in [1.807, 2.05) is 0 Å². The van der Waals surface area contributed by atoms with E-state index in [1.54, 1.807) is 42.5 Å². The first kappa shape index (κ1) is 15.3. The molecule has 3 rings (SSSR count). The van der Waals surface area contributed by atoms with Gasteiger partial charge in [-0.1, -0.05) is 0 Å². The third-order valence-electron chi connectivity index (χ3n) is 3.19. The van der Waals surface area contributed by atoms with E-state index in [-0.39, 0.29) is 11.4 Å². The molecule has 0 spiro atoms. The zero-order valence-electron chi connectivity index (χ0n) is 12.3. The lowest BCUT2D eigenvalue weighted by Gasteiger charge is -2.06. The van der Waals surface area contributed by atoms with Crippen LogP contribution in [-0.2, 0) is 23.6 Å². The quantitative estimate of drug-likeness (QED) is 0.740. The Morgan fingerprint density at radius 2 is 1.96 bits per heavy atom. The summed E-state index contributed by atoms with van der Waals surface area (Å²) in [5, 5.41) is 4.32. The van der Waals surface area contributed by atoms with E-state index >= 15 is 0 Å². The fourth-order valence-corrected chi connectivity index (χ4v) is 2.95. The molecule has 0 amide bonds. The number of nitrogens with zero attached hydrogens (tertiary/aromatic N) is 5. The molecule has 0 aliphatic carbocycles. The van der Waals surface area contributed by atoms with Gasteiger partial charge in [0.15, 0.2) is 0 Å². The summed E-state index contributed by atoms with van der Waals surface area (Å²) in [4.78, 5) is 12.1. The highest BCUT2D eigenvalue weighted by Crippen LogP contribution is 2.15. The average Bonchev–Trinajstić information content (AvgIpc) is 2.96. The summed E-state index contributed by atoms with van der Waals surface area (Å²) in [5.74, 6) is 0. The molecular formula is C14H14N6O2S. The maximum Gasteiger partial charge on any atom is 0.242 e. The van der Waals surface area contributed by atoms with Crippen molar-refractivity contribution in [1.82, 2.24) is 29.5 Å². The molecule has 8 nitrogen and oxygen atoms in total. The first-order chi connectivity index (χ1) is 11.1. The van der Waals surface area contributed by atoms with Gasteiger partial charge in [-0.15, -0.1) is 0 Å². The number of rotatable bonds is 5. The van der Waals surface area contributed by atoms with Crippen LogP contribution < -0.4 is 4.72 Å². The molecule has 1 N–H and O–H groups in total. The van der Waals surface area contributed by atoms with Gasteiger partial charge < -0.3 is 0 Å². The van der Waals surface area contributed by atoms with Gasteiger partial charge in [0.1, 0.15) is 16.3 Å². The van der Waals surface area contributed by atoms with E-state index in [1.165, 1.54) is 18.5 Å².